The molecule has 0 atom stereocenters. The second kappa shape index (κ2) is 6.41. The first kappa shape index (κ1) is 15.1. The lowest BCUT2D eigenvalue weighted by molar-refractivity contribution is 0.102. The van der Waals surface area contributed by atoms with Crippen LogP contribution in [0.3, 0.4) is 0 Å². The van der Waals surface area contributed by atoms with Crippen molar-refractivity contribution in [1.29, 1.82) is 0 Å². The van der Waals surface area contributed by atoms with Gasteiger partial charge in [0, 0.05) is 23.5 Å². The molecule has 0 bridgehead atoms. The van der Waals surface area contributed by atoms with Crippen molar-refractivity contribution in [2.24, 2.45) is 0 Å². The number of carbonyl (C=O) groups excluding carboxylic acids is 1. The van der Waals surface area contributed by atoms with Crippen LogP contribution in [0.5, 0.6) is 0 Å². The molecule has 0 spiro atoms. The molecule has 0 aliphatic rings. The largest absolute Gasteiger partial charge is 0.398 e. The minimum atomic E-state index is -0.145. The Morgan fingerprint density at radius 2 is 1.90 bits per heavy atom. The van der Waals surface area contributed by atoms with E-state index in [2.05, 4.69) is 10.2 Å². The normalized spacial score (nSPS) is 10.7. The van der Waals surface area contributed by atoms with E-state index >= 15 is 0 Å². The number of rotatable bonds is 4. The minimum absolute atomic E-state index is 0.145. The third-order valence-electron chi connectivity index (χ3n) is 3.29. The van der Waals surface area contributed by atoms with Crippen LogP contribution in [-0.4, -0.2) is 24.9 Å². The summed E-state index contributed by atoms with van der Waals surface area (Å²) in [6.45, 7) is 2.69. The first-order valence-electron chi connectivity index (χ1n) is 6.87. The molecule has 0 aliphatic carbocycles. The number of aryl methyl sites for hydroxylation is 1. The molecule has 3 N–H and O–H groups in total. The lowest BCUT2D eigenvalue weighted by Crippen LogP contribution is -2.16. The molecule has 0 radical (unpaired) electrons. The highest BCUT2D eigenvalue weighted by atomic mass is 16.1. The van der Waals surface area contributed by atoms with Crippen LogP contribution in [0, 0.1) is 6.92 Å². The predicted molar refractivity (Wildman–Crippen MR) is 87.4 cm³/mol. The maximum atomic E-state index is 12.3. The number of carbonyl (C=O) groups is 1. The van der Waals surface area contributed by atoms with Gasteiger partial charge < -0.3 is 16.0 Å². The standard InChI is InChI=1S/C17H21N3O/c1-12-8-9-13(10-15(12)18)17(21)19-16-7-5-4-6-14(16)11-20(2)3/h4-10H,11,18H2,1-3H3,(H,19,21). The van der Waals surface area contributed by atoms with Crippen LogP contribution >= 0.6 is 0 Å². The maximum Gasteiger partial charge on any atom is 0.255 e. The molecule has 0 fully saturated rings. The van der Waals surface area contributed by atoms with Gasteiger partial charge in [0.15, 0.2) is 0 Å². The third-order valence-corrected chi connectivity index (χ3v) is 3.29. The fourth-order valence-corrected chi connectivity index (χ4v) is 2.10. The highest BCUT2D eigenvalue weighted by molar-refractivity contribution is 6.05. The Balaban J connectivity index is 2.21. The summed E-state index contributed by atoms with van der Waals surface area (Å²) in [7, 11) is 4.00. The Morgan fingerprint density at radius 1 is 1.19 bits per heavy atom. The third kappa shape index (κ3) is 3.83. The summed E-state index contributed by atoms with van der Waals surface area (Å²) >= 11 is 0. The van der Waals surface area contributed by atoms with Crippen LogP contribution in [0.25, 0.3) is 0 Å². The van der Waals surface area contributed by atoms with Crippen molar-refractivity contribution in [3.05, 3.63) is 59.2 Å². The summed E-state index contributed by atoms with van der Waals surface area (Å²) < 4.78 is 0. The van der Waals surface area contributed by atoms with Gasteiger partial charge in [0.1, 0.15) is 0 Å². The highest BCUT2D eigenvalue weighted by Gasteiger charge is 2.10. The Morgan fingerprint density at radius 3 is 2.57 bits per heavy atom. The number of anilines is 2. The number of nitrogen functional groups attached to an aromatic ring is 1. The molecular weight excluding hydrogens is 262 g/mol. The van der Waals surface area contributed by atoms with Crippen molar-refractivity contribution >= 4 is 17.3 Å². The van der Waals surface area contributed by atoms with Crippen LogP contribution in [0.15, 0.2) is 42.5 Å². The number of nitrogens with one attached hydrogen (secondary N) is 1. The summed E-state index contributed by atoms with van der Waals surface area (Å²) in [5.74, 6) is -0.145. The van der Waals surface area contributed by atoms with E-state index in [1.54, 1.807) is 12.1 Å². The summed E-state index contributed by atoms with van der Waals surface area (Å²) in [5, 5.41) is 2.96. The predicted octanol–water partition coefficient (Wildman–Crippen LogP) is 2.89. The zero-order chi connectivity index (χ0) is 15.4. The molecule has 0 heterocycles. The zero-order valence-corrected chi connectivity index (χ0v) is 12.7. The van der Waals surface area contributed by atoms with Crippen LogP contribution in [0.4, 0.5) is 11.4 Å². The van der Waals surface area contributed by atoms with Crippen LogP contribution in [0.1, 0.15) is 21.5 Å². The molecule has 0 unspecified atom stereocenters. The summed E-state index contributed by atoms with van der Waals surface area (Å²) in [6, 6.07) is 13.2. The van der Waals surface area contributed by atoms with Crippen molar-refractivity contribution in [1.82, 2.24) is 4.90 Å². The van der Waals surface area contributed by atoms with Gasteiger partial charge >= 0.3 is 0 Å². The Kier molecular flexibility index (Phi) is 4.60. The SMILES string of the molecule is Cc1ccc(C(=O)Nc2ccccc2CN(C)C)cc1N. The second-order valence-corrected chi connectivity index (χ2v) is 5.42. The van der Waals surface area contributed by atoms with Gasteiger partial charge in [-0.1, -0.05) is 24.3 Å². The summed E-state index contributed by atoms with van der Waals surface area (Å²) in [6.07, 6.45) is 0. The average molecular weight is 283 g/mol. The number of nitrogens with zero attached hydrogens (tertiary/aromatic N) is 1. The zero-order valence-electron chi connectivity index (χ0n) is 12.7. The Bertz CT molecular complexity index is 650. The van der Waals surface area contributed by atoms with E-state index in [0.717, 1.165) is 23.4 Å². The van der Waals surface area contributed by atoms with E-state index < -0.39 is 0 Å². The Labute approximate surface area is 125 Å². The van der Waals surface area contributed by atoms with Crippen molar-refractivity contribution in [3.63, 3.8) is 0 Å². The fraction of sp³-hybridized carbons (Fsp3) is 0.235. The maximum absolute atomic E-state index is 12.3. The molecule has 2 aromatic carbocycles. The van der Waals surface area contributed by atoms with E-state index in [1.807, 2.05) is 51.4 Å². The van der Waals surface area contributed by atoms with Gasteiger partial charge in [-0.15, -0.1) is 0 Å². The number of para-hydroxylation sites is 1. The van der Waals surface area contributed by atoms with Crippen molar-refractivity contribution in [2.45, 2.75) is 13.5 Å². The van der Waals surface area contributed by atoms with Crippen molar-refractivity contribution in [3.8, 4) is 0 Å². The molecule has 110 valence electrons. The van der Waals surface area contributed by atoms with E-state index in [1.165, 1.54) is 0 Å². The number of nitrogens with two attached hydrogens (primary N) is 1. The first-order chi connectivity index (χ1) is 9.97. The monoisotopic (exact) mass is 283 g/mol. The van der Waals surface area contributed by atoms with E-state index in [4.69, 9.17) is 5.73 Å². The molecule has 0 aliphatic heterocycles. The molecule has 0 saturated heterocycles. The van der Waals surface area contributed by atoms with Gasteiger partial charge in [0.2, 0.25) is 0 Å². The number of hydrogen-bond acceptors (Lipinski definition) is 3. The topological polar surface area (TPSA) is 58.4 Å². The summed E-state index contributed by atoms with van der Waals surface area (Å²) in [5.41, 5.74) is 9.94. The molecule has 1 amide bonds. The fourth-order valence-electron chi connectivity index (χ4n) is 2.10. The molecule has 0 saturated carbocycles. The van der Waals surface area contributed by atoms with Crippen LogP contribution in [0.2, 0.25) is 0 Å². The average Bonchev–Trinajstić information content (AvgIpc) is 2.43. The smallest absolute Gasteiger partial charge is 0.255 e. The van der Waals surface area contributed by atoms with Crippen LogP contribution in [-0.2, 0) is 6.54 Å². The molecule has 2 aromatic rings. The van der Waals surface area contributed by atoms with E-state index in [0.29, 0.717) is 11.3 Å². The van der Waals surface area contributed by atoms with Gasteiger partial charge in [-0.05, 0) is 50.3 Å². The quantitative estimate of drug-likeness (QED) is 0.848. The molecule has 2 rings (SSSR count). The van der Waals surface area contributed by atoms with Crippen molar-refractivity contribution < 1.29 is 4.79 Å². The highest BCUT2D eigenvalue weighted by Crippen LogP contribution is 2.19. The van der Waals surface area contributed by atoms with Gasteiger partial charge in [0.25, 0.3) is 5.91 Å². The summed E-state index contributed by atoms with van der Waals surface area (Å²) in [4.78, 5) is 14.4. The molecule has 4 heteroatoms. The van der Waals surface area contributed by atoms with Gasteiger partial charge in [-0.2, -0.15) is 0 Å². The van der Waals surface area contributed by atoms with E-state index in [9.17, 15) is 4.79 Å². The van der Waals surface area contributed by atoms with Crippen molar-refractivity contribution in [2.75, 3.05) is 25.1 Å². The lowest BCUT2D eigenvalue weighted by Gasteiger charge is -2.15. The molecule has 0 aromatic heterocycles. The van der Waals surface area contributed by atoms with E-state index in [-0.39, 0.29) is 5.91 Å². The first-order valence-corrected chi connectivity index (χ1v) is 6.87. The minimum Gasteiger partial charge on any atom is -0.398 e. The van der Waals surface area contributed by atoms with Crippen LogP contribution < -0.4 is 11.1 Å². The lowest BCUT2D eigenvalue weighted by atomic mass is 10.1. The second-order valence-electron chi connectivity index (χ2n) is 5.42. The number of hydrogen-bond donors (Lipinski definition) is 2. The molecule has 4 nitrogen and oxygen atoms in total. The molecule has 21 heavy (non-hydrogen) atoms. The number of benzene rings is 2. The number of amides is 1. The Hall–Kier alpha value is -2.33. The molecular formula is C17H21N3O. The van der Waals surface area contributed by atoms with Gasteiger partial charge in [-0.3, -0.25) is 4.79 Å². The van der Waals surface area contributed by atoms with Gasteiger partial charge in [-0.25, -0.2) is 0 Å². The van der Waals surface area contributed by atoms with Gasteiger partial charge in [0.05, 0.1) is 0 Å².